The van der Waals surface area contributed by atoms with Crippen LogP contribution in [0.25, 0.3) is 22.3 Å². The highest BCUT2D eigenvalue weighted by Gasteiger charge is 2.20. The van der Waals surface area contributed by atoms with Crippen LogP contribution in [0.4, 0.5) is 4.39 Å². The predicted octanol–water partition coefficient (Wildman–Crippen LogP) is 6.10. The molecule has 0 amide bonds. The van der Waals surface area contributed by atoms with Gasteiger partial charge in [-0.15, -0.1) is 0 Å². The summed E-state index contributed by atoms with van der Waals surface area (Å²) >= 11 is 0. The van der Waals surface area contributed by atoms with Crippen molar-refractivity contribution < 1.29 is 13.5 Å². The molecule has 1 aromatic heterocycles. The van der Waals surface area contributed by atoms with Gasteiger partial charge in [0.15, 0.2) is 5.76 Å². The van der Waals surface area contributed by atoms with Gasteiger partial charge in [-0.25, -0.2) is 4.39 Å². The van der Waals surface area contributed by atoms with Crippen molar-refractivity contribution in [3.63, 3.8) is 0 Å². The van der Waals surface area contributed by atoms with E-state index in [0.717, 1.165) is 22.3 Å². The minimum atomic E-state index is -0.374. The van der Waals surface area contributed by atoms with Crippen LogP contribution in [-0.4, -0.2) is 0 Å². The van der Waals surface area contributed by atoms with Gasteiger partial charge in [0.05, 0.1) is 5.39 Å². The second kappa shape index (κ2) is 7.55. The van der Waals surface area contributed by atoms with Gasteiger partial charge < -0.3 is 9.15 Å². The number of hydrogen-bond acceptors (Lipinski definition) is 3. The third-order valence-electron chi connectivity index (χ3n) is 4.94. The Morgan fingerprint density at radius 1 is 0.931 bits per heavy atom. The van der Waals surface area contributed by atoms with Gasteiger partial charge in [0, 0.05) is 11.1 Å². The molecule has 3 nitrogen and oxygen atoms in total. The maximum absolute atomic E-state index is 14.0. The number of halogens is 1. The highest BCUT2D eigenvalue weighted by atomic mass is 19.1. The molecular formula is C25H21FO3. The van der Waals surface area contributed by atoms with Gasteiger partial charge in [0.25, 0.3) is 0 Å². The second-order valence-corrected chi connectivity index (χ2v) is 7.29. The summed E-state index contributed by atoms with van der Waals surface area (Å²) in [5, 5.41) is 0.481. The molecule has 4 rings (SSSR count). The Balaban J connectivity index is 1.91. The molecule has 0 fully saturated rings. The molecule has 1 heterocycles. The standard InChI is InChI=1S/C25H21FO3/c1-15-8-10-18(11-9-15)24-25(28-14-19-6-4-5-7-20(19)26)23(27)22-17(3)12-16(2)13-21(22)29-24/h4-13H,14H2,1-3H3. The molecule has 4 heteroatoms. The zero-order chi connectivity index (χ0) is 20.5. The van der Waals surface area contributed by atoms with E-state index in [2.05, 4.69) is 0 Å². The average Bonchev–Trinajstić information content (AvgIpc) is 2.68. The fourth-order valence-electron chi connectivity index (χ4n) is 3.46. The van der Waals surface area contributed by atoms with Crippen LogP contribution in [0.2, 0.25) is 0 Å². The number of rotatable bonds is 4. The van der Waals surface area contributed by atoms with E-state index >= 15 is 0 Å². The molecule has 0 saturated heterocycles. The number of ether oxygens (including phenoxy) is 1. The summed E-state index contributed by atoms with van der Waals surface area (Å²) in [7, 11) is 0. The van der Waals surface area contributed by atoms with Crippen molar-refractivity contribution in [3.05, 3.63) is 99.0 Å². The maximum atomic E-state index is 14.0. The largest absolute Gasteiger partial charge is 0.481 e. The summed E-state index contributed by atoms with van der Waals surface area (Å²) in [5.41, 5.74) is 4.29. The minimum Gasteiger partial charge on any atom is -0.481 e. The molecule has 0 radical (unpaired) electrons. The van der Waals surface area contributed by atoms with Crippen molar-refractivity contribution in [2.75, 3.05) is 0 Å². The average molecular weight is 388 g/mol. The molecule has 3 aromatic carbocycles. The molecule has 146 valence electrons. The summed E-state index contributed by atoms with van der Waals surface area (Å²) in [5.74, 6) is 0.0711. The molecule has 0 N–H and O–H groups in total. The molecule has 0 aliphatic rings. The van der Waals surface area contributed by atoms with E-state index in [1.165, 1.54) is 6.07 Å². The molecule has 4 aromatic rings. The fourth-order valence-corrected chi connectivity index (χ4v) is 3.46. The zero-order valence-electron chi connectivity index (χ0n) is 16.6. The summed E-state index contributed by atoms with van der Waals surface area (Å²) in [6, 6.07) is 17.8. The summed E-state index contributed by atoms with van der Waals surface area (Å²) in [6.45, 7) is 5.76. The van der Waals surface area contributed by atoms with E-state index in [1.807, 2.05) is 57.2 Å². The van der Waals surface area contributed by atoms with Gasteiger partial charge in [-0.1, -0.05) is 54.1 Å². The first-order valence-electron chi connectivity index (χ1n) is 9.45. The first-order valence-corrected chi connectivity index (χ1v) is 9.45. The van der Waals surface area contributed by atoms with Crippen LogP contribution in [0.5, 0.6) is 5.75 Å². The van der Waals surface area contributed by atoms with Gasteiger partial charge in [-0.2, -0.15) is 0 Å². The minimum absolute atomic E-state index is 0.0628. The third-order valence-corrected chi connectivity index (χ3v) is 4.94. The van der Waals surface area contributed by atoms with Crippen molar-refractivity contribution in [2.24, 2.45) is 0 Å². The number of hydrogen-bond donors (Lipinski definition) is 0. The Morgan fingerprint density at radius 3 is 2.38 bits per heavy atom. The van der Waals surface area contributed by atoms with Crippen LogP contribution in [0.3, 0.4) is 0 Å². The van der Waals surface area contributed by atoms with E-state index in [1.54, 1.807) is 18.2 Å². The van der Waals surface area contributed by atoms with Gasteiger partial charge in [-0.3, -0.25) is 4.79 Å². The Bertz CT molecular complexity index is 1250. The highest BCUT2D eigenvalue weighted by Crippen LogP contribution is 2.33. The quantitative estimate of drug-likeness (QED) is 0.424. The van der Waals surface area contributed by atoms with E-state index in [-0.39, 0.29) is 23.6 Å². The van der Waals surface area contributed by atoms with E-state index < -0.39 is 0 Å². The van der Waals surface area contributed by atoms with Crippen molar-refractivity contribution in [2.45, 2.75) is 27.4 Å². The fraction of sp³-hybridized carbons (Fsp3) is 0.160. The molecule has 0 aliphatic heterocycles. The second-order valence-electron chi connectivity index (χ2n) is 7.29. The van der Waals surface area contributed by atoms with Crippen LogP contribution in [0, 0.1) is 26.6 Å². The monoisotopic (exact) mass is 388 g/mol. The highest BCUT2D eigenvalue weighted by molar-refractivity contribution is 5.85. The van der Waals surface area contributed by atoms with Gasteiger partial charge >= 0.3 is 0 Å². The topological polar surface area (TPSA) is 39.4 Å². The summed E-state index contributed by atoms with van der Waals surface area (Å²) < 4.78 is 26.1. The lowest BCUT2D eigenvalue weighted by Crippen LogP contribution is -2.12. The lowest BCUT2D eigenvalue weighted by Gasteiger charge is -2.13. The van der Waals surface area contributed by atoms with Crippen LogP contribution in [0.15, 0.2) is 69.9 Å². The molecule has 0 aliphatic carbocycles. The van der Waals surface area contributed by atoms with Crippen molar-refractivity contribution >= 4 is 11.0 Å². The Hall–Kier alpha value is -3.40. The third kappa shape index (κ3) is 3.66. The zero-order valence-corrected chi connectivity index (χ0v) is 16.6. The Labute approximate surface area is 168 Å². The van der Waals surface area contributed by atoms with Gasteiger partial charge in [-0.05, 0) is 44.0 Å². The van der Waals surface area contributed by atoms with Crippen molar-refractivity contribution in [1.82, 2.24) is 0 Å². The van der Waals surface area contributed by atoms with Gasteiger partial charge in [0.2, 0.25) is 11.2 Å². The van der Waals surface area contributed by atoms with Crippen molar-refractivity contribution in [1.29, 1.82) is 0 Å². The number of fused-ring (bicyclic) bond motifs is 1. The SMILES string of the molecule is Cc1ccc(-c2oc3cc(C)cc(C)c3c(=O)c2OCc2ccccc2F)cc1. The van der Waals surface area contributed by atoms with Gasteiger partial charge in [0.1, 0.15) is 18.0 Å². The first-order chi connectivity index (χ1) is 13.9. The van der Waals surface area contributed by atoms with E-state index in [0.29, 0.717) is 22.3 Å². The van der Waals surface area contributed by atoms with Crippen molar-refractivity contribution in [3.8, 4) is 17.1 Å². The first kappa shape index (κ1) is 18.9. The lowest BCUT2D eigenvalue weighted by atomic mass is 10.0. The lowest BCUT2D eigenvalue weighted by molar-refractivity contribution is 0.292. The van der Waals surface area contributed by atoms with E-state index in [4.69, 9.17) is 9.15 Å². The molecule has 0 unspecified atom stereocenters. The maximum Gasteiger partial charge on any atom is 0.235 e. The predicted molar refractivity (Wildman–Crippen MR) is 113 cm³/mol. The van der Waals surface area contributed by atoms with Crippen LogP contribution in [-0.2, 0) is 6.61 Å². The normalized spacial score (nSPS) is 11.0. The number of benzene rings is 3. The summed E-state index contributed by atoms with van der Waals surface area (Å²) in [6.07, 6.45) is 0. The molecular weight excluding hydrogens is 367 g/mol. The smallest absolute Gasteiger partial charge is 0.235 e. The molecule has 0 atom stereocenters. The molecule has 0 saturated carbocycles. The number of aryl methyl sites for hydroxylation is 3. The molecule has 29 heavy (non-hydrogen) atoms. The van der Waals surface area contributed by atoms with E-state index in [9.17, 15) is 9.18 Å². The molecule has 0 bridgehead atoms. The Kier molecular flexibility index (Phi) is 4.93. The molecule has 0 spiro atoms. The van der Waals surface area contributed by atoms with Crippen LogP contribution in [0.1, 0.15) is 22.3 Å². The van der Waals surface area contributed by atoms with Crippen LogP contribution >= 0.6 is 0 Å². The Morgan fingerprint density at radius 2 is 1.66 bits per heavy atom. The summed E-state index contributed by atoms with van der Waals surface area (Å²) in [4.78, 5) is 13.3. The van der Waals surface area contributed by atoms with Crippen LogP contribution < -0.4 is 10.2 Å².